The number of amides is 1. The number of carbonyl (C=O) groups excluding carboxylic acids is 1. The minimum Gasteiger partial charge on any atom is -0.351 e. The topological polar surface area (TPSA) is 92.5 Å². The number of nitrogens with one attached hydrogen (secondary N) is 1. The zero-order valence-corrected chi connectivity index (χ0v) is 17.2. The van der Waals surface area contributed by atoms with Gasteiger partial charge in [0.1, 0.15) is 0 Å². The standard InChI is InChI=1S/C21H27N3O4S/c25-21(22-17-9-3-1-4-10-17)20-14-19(23-28-20)16-8-7-13-24(15-16)29(26,27)18-11-5-2-6-12-18/h2,5-6,11-12,14,16-17H,1,3-4,7-10,13,15H2,(H,22,25)/t16-/m1/s1. The van der Waals surface area contributed by atoms with Gasteiger partial charge >= 0.3 is 0 Å². The molecule has 29 heavy (non-hydrogen) atoms. The molecule has 0 bridgehead atoms. The fraction of sp³-hybridized carbons (Fsp3) is 0.524. The summed E-state index contributed by atoms with van der Waals surface area (Å²) in [5, 5.41) is 7.11. The van der Waals surface area contributed by atoms with E-state index in [1.807, 2.05) is 0 Å². The number of hydrogen-bond donors (Lipinski definition) is 1. The molecule has 2 aliphatic rings. The Morgan fingerprint density at radius 2 is 1.83 bits per heavy atom. The van der Waals surface area contributed by atoms with Gasteiger partial charge in [0, 0.05) is 31.1 Å². The third kappa shape index (κ3) is 4.53. The number of benzene rings is 1. The first-order chi connectivity index (χ1) is 14.0. The molecule has 2 heterocycles. The molecule has 0 unspecified atom stereocenters. The van der Waals surface area contributed by atoms with E-state index in [1.54, 1.807) is 36.4 Å². The van der Waals surface area contributed by atoms with Gasteiger partial charge in [0.15, 0.2) is 0 Å². The summed E-state index contributed by atoms with van der Waals surface area (Å²) in [5.74, 6) is -0.115. The lowest BCUT2D eigenvalue weighted by Crippen LogP contribution is -2.39. The van der Waals surface area contributed by atoms with Gasteiger partial charge in [-0.05, 0) is 37.8 Å². The Morgan fingerprint density at radius 1 is 1.07 bits per heavy atom. The summed E-state index contributed by atoms with van der Waals surface area (Å²) in [6.07, 6.45) is 7.07. The number of rotatable bonds is 5. The quantitative estimate of drug-likeness (QED) is 0.806. The van der Waals surface area contributed by atoms with Crippen LogP contribution in [-0.2, 0) is 10.0 Å². The van der Waals surface area contributed by atoms with Gasteiger partial charge in [-0.25, -0.2) is 8.42 Å². The smallest absolute Gasteiger partial charge is 0.290 e. The van der Waals surface area contributed by atoms with Crippen molar-refractivity contribution in [1.29, 1.82) is 0 Å². The molecule has 2 fully saturated rings. The number of hydrogen-bond acceptors (Lipinski definition) is 5. The molecule has 2 aromatic rings. The van der Waals surface area contributed by atoms with Gasteiger partial charge in [-0.15, -0.1) is 0 Å². The van der Waals surface area contributed by atoms with Crippen LogP contribution >= 0.6 is 0 Å². The number of nitrogens with zero attached hydrogens (tertiary/aromatic N) is 2. The van der Waals surface area contributed by atoms with Crippen LogP contribution in [0.3, 0.4) is 0 Å². The first kappa shape index (κ1) is 20.1. The lowest BCUT2D eigenvalue weighted by atomic mass is 9.95. The molecule has 1 N–H and O–H groups in total. The maximum Gasteiger partial charge on any atom is 0.290 e. The van der Waals surface area contributed by atoms with E-state index in [2.05, 4.69) is 10.5 Å². The van der Waals surface area contributed by atoms with Crippen molar-refractivity contribution in [2.45, 2.75) is 61.8 Å². The minimum absolute atomic E-state index is 0.0813. The second-order valence-electron chi connectivity index (χ2n) is 7.94. The molecule has 1 saturated carbocycles. The predicted molar refractivity (Wildman–Crippen MR) is 108 cm³/mol. The van der Waals surface area contributed by atoms with Gasteiger partial charge < -0.3 is 9.84 Å². The second kappa shape index (κ2) is 8.67. The first-order valence-corrected chi connectivity index (χ1v) is 11.8. The fourth-order valence-corrected chi connectivity index (χ4v) is 5.78. The van der Waals surface area contributed by atoms with E-state index in [-0.39, 0.29) is 23.6 Å². The van der Waals surface area contributed by atoms with Gasteiger partial charge in [0.05, 0.1) is 10.6 Å². The van der Waals surface area contributed by atoms with E-state index >= 15 is 0 Å². The molecule has 0 radical (unpaired) electrons. The first-order valence-electron chi connectivity index (χ1n) is 10.4. The van der Waals surface area contributed by atoms with Crippen molar-refractivity contribution < 1.29 is 17.7 Å². The molecule has 1 aliphatic carbocycles. The van der Waals surface area contributed by atoms with E-state index in [4.69, 9.17) is 4.52 Å². The van der Waals surface area contributed by atoms with Crippen molar-refractivity contribution in [2.75, 3.05) is 13.1 Å². The summed E-state index contributed by atoms with van der Waals surface area (Å²) < 4.78 is 32.6. The van der Waals surface area contributed by atoms with Crippen LogP contribution in [0.4, 0.5) is 0 Å². The van der Waals surface area contributed by atoms with E-state index in [0.717, 1.165) is 38.5 Å². The number of carbonyl (C=O) groups is 1. The number of piperidine rings is 1. The van der Waals surface area contributed by atoms with E-state index < -0.39 is 10.0 Å². The molecule has 1 aromatic carbocycles. The average molecular weight is 418 g/mol. The molecule has 7 nitrogen and oxygen atoms in total. The van der Waals surface area contributed by atoms with Gasteiger partial charge in [0.2, 0.25) is 15.8 Å². The van der Waals surface area contributed by atoms with E-state index in [1.165, 1.54) is 10.7 Å². The van der Waals surface area contributed by atoms with Crippen molar-refractivity contribution in [2.24, 2.45) is 0 Å². The summed E-state index contributed by atoms with van der Waals surface area (Å²) in [6.45, 7) is 0.827. The Kier molecular flexibility index (Phi) is 6.01. The van der Waals surface area contributed by atoms with Crippen LogP contribution in [0.1, 0.15) is 67.1 Å². The summed E-state index contributed by atoms with van der Waals surface area (Å²) in [6, 6.07) is 10.3. The van der Waals surface area contributed by atoms with Crippen LogP contribution in [0.25, 0.3) is 0 Å². The third-order valence-corrected chi connectivity index (χ3v) is 7.76. The van der Waals surface area contributed by atoms with Crippen LogP contribution in [0.15, 0.2) is 45.8 Å². The summed E-state index contributed by atoms with van der Waals surface area (Å²) in [5.41, 5.74) is 0.645. The highest BCUT2D eigenvalue weighted by atomic mass is 32.2. The lowest BCUT2D eigenvalue weighted by molar-refractivity contribution is 0.0890. The molecular weight excluding hydrogens is 390 g/mol. The van der Waals surface area contributed by atoms with Crippen molar-refractivity contribution in [1.82, 2.24) is 14.8 Å². The Hall–Kier alpha value is -2.19. The number of aromatic nitrogens is 1. The lowest BCUT2D eigenvalue weighted by Gasteiger charge is -2.30. The molecule has 1 aliphatic heterocycles. The van der Waals surface area contributed by atoms with Crippen LogP contribution in [0.5, 0.6) is 0 Å². The Bertz CT molecular complexity index is 936. The van der Waals surface area contributed by atoms with Crippen molar-refractivity contribution in [3.63, 3.8) is 0 Å². The second-order valence-corrected chi connectivity index (χ2v) is 9.88. The average Bonchev–Trinajstić information content (AvgIpc) is 3.26. The summed E-state index contributed by atoms with van der Waals surface area (Å²) >= 11 is 0. The molecule has 4 rings (SSSR count). The molecule has 1 atom stereocenters. The van der Waals surface area contributed by atoms with Crippen LogP contribution in [0, 0.1) is 0 Å². The highest BCUT2D eigenvalue weighted by Gasteiger charge is 2.32. The Morgan fingerprint density at radius 3 is 2.59 bits per heavy atom. The van der Waals surface area contributed by atoms with Crippen LogP contribution in [-0.4, -0.2) is 42.9 Å². The molecule has 1 amide bonds. The van der Waals surface area contributed by atoms with Crippen molar-refractivity contribution in [3.8, 4) is 0 Å². The molecular formula is C21H27N3O4S. The summed E-state index contributed by atoms with van der Waals surface area (Å²) in [7, 11) is -3.54. The maximum absolute atomic E-state index is 12.9. The van der Waals surface area contributed by atoms with Gasteiger partial charge in [-0.3, -0.25) is 4.79 Å². The monoisotopic (exact) mass is 417 g/mol. The zero-order valence-electron chi connectivity index (χ0n) is 16.4. The fourth-order valence-electron chi connectivity index (χ4n) is 4.24. The van der Waals surface area contributed by atoms with Crippen molar-refractivity contribution in [3.05, 3.63) is 47.9 Å². The highest BCUT2D eigenvalue weighted by molar-refractivity contribution is 7.89. The predicted octanol–water partition coefficient (Wildman–Crippen LogP) is 3.31. The Balaban J connectivity index is 1.43. The van der Waals surface area contributed by atoms with Gasteiger partial charge in [-0.2, -0.15) is 4.31 Å². The molecule has 8 heteroatoms. The zero-order chi connectivity index (χ0) is 20.3. The van der Waals surface area contributed by atoms with Gasteiger partial charge in [0.25, 0.3) is 5.91 Å². The third-order valence-electron chi connectivity index (χ3n) is 5.88. The number of sulfonamides is 1. The van der Waals surface area contributed by atoms with E-state index in [9.17, 15) is 13.2 Å². The van der Waals surface area contributed by atoms with Crippen molar-refractivity contribution >= 4 is 15.9 Å². The molecule has 0 spiro atoms. The van der Waals surface area contributed by atoms with E-state index in [0.29, 0.717) is 23.7 Å². The molecule has 156 valence electrons. The SMILES string of the molecule is O=C(NC1CCCCC1)c1cc([C@@H]2CCCN(S(=O)(=O)c3ccccc3)C2)no1. The Labute approximate surface area is 171 Å². The highest BCUT2D eigenvalue weighted by Crippen LogP contribution is 2.30. The molecule has 1 saturated heterocycles. The minimum atomic E-state index is -3.54. The maximum atomic E-state index is 12.9. The molecule has 1 aromatic heterocycles. The normalized spacial score (nSPS) is 21.7. The summed E-state index contributed by atoms with van der Waals surface area (Å²) in [4.78, 5) is 12.8. The van der Waals surface area contributed by atoms with Gasteiger partial charge in [-0.1, -0.05) is 42.6 Å². The van der Waals surface area contributed by atoms with Crippen LogP contribution in [0.2, 0.25) is 0 Å². The largest absolute Gasteiger partial charge is 0.351 e. The van der Waals surface area contributed by atoms with Crippen LogP contribution < -0.4 is 5.32 Å².